The van der Waals surface area contributed by atoms with Crippen LogP contribution in [0.4, 0.5) is 0 Å². The van der Waals surface area contributed by atoms with Gasteiger partial charge in [-0.1, -0.05) is 17.8 Å². The number of benzene rings is 4. The molecule has 5 rings (SSSR count). The quantitative estimate of drug-likeness (QED) is 0.207. The maximum Gasteiger partial charge on any atom is 0.0239 e. The van der Waals surface area contributed by atoms with Gasteiger partial charge < -0.3 is 0 Å². The zero-order chi connectivity index (χ0) is 26.5. The van der Waals surface area contributed by atoms with E-state index in [1.54, 1.807) is 0 Å². The van der Waals surface area contributed by atoms with Crippen LogP contribution >= 0.6 is 11.8 Å². The molecule has 0 atom stereocenters. The zero-order valence-corrected chi connectivity index (χ0v) is 25.3. The van der Waals surface area contributed by atoms with Crippen LogP contribution in [0.25, 0.3) is 33.0 Å². The van der Waals surface area contributed by atoms with Gasteiger partial charge in [0.1, 0.15) is 0 Å². The molecule has 0 amide bonds. The molecule has 0 fully saturated rings. The van der Waals surface area contributed by atoms with Crippen molar-refractivity contribution in [3.63, 3.8) is 0 Å². The van der Waals surface area contributed by atoms with E-state index < -0.39 is 0 Å². The summed E-state index contributed by atoms with van der Waals surface area (Å²) in [5.74, 6) is 0. The summed E-state index contributed by atoms with van der Waals surface area (Å²) >= 11 is 2.02. The second kappa shape index (κ2) is 8.25. The first kappa shape index (κ1) is 25.2. The fraction of sp³-hybridized carbons (Fsp3) is 0.371. The summed E-state index contributed by atoms with van der Waals surface area (Å²) in [5.41, 5.74) is 24.3. The van der Waals surface area contributed by atoms with E-state index in [4.69, 9.17) is 0 Å². The summed E-state index contributed by atoms with van der Waals surface area (Å²) in [6, 6.07) is 2.48. The van der Waals surface area contributed by atoms with Crippen LogP contribution in [0, 0.1) is 90.0 Å². The minimum Gasteiger partial charge on any atom is -0.0882 e. The lowest BCUT2D eigenvalue weighted by molar-refractivity contribution is 1.14. The number of fused-ring (bicyclic) bond motifs is 6. The van der Waals surface area contributed by atoms with Gasteiger partial charge in [0.05, 0.1) is 0 Å². The molecule has 1 aliphatic rings. The van der Waals surface area contributed by atoms with Crippen LogP contribution in [0.1, 0.15) is 72.3 Å². The molecule has 1 heterocycles. The Balaban J connectivity index is 2.13. The Kier molecular flexibility index (Phi) is 5.76. The molecular weight excluding hydrogens is 452 g/mol. The van der Waals surface area contributed by atoms with Crippen LogP contribution < -0.4 is 0 Å². The smallest absolute Gasteiger partial charge is 0.0239 e. The van der Waals surface area contributed by atoms with Gasteiger partial charge in [0.25, 0.3) is 0 Å². The highest BCUT2D eigenvalue weighted by molar-refractivity contribution is 7.99. The first-order valence-corrected chi connectivity index (χ1v) is 14.1. The molecule has 0 saturated heterocycles. The molecule has 1 heteroatoms. The van der Waals surface area contributed by atoms with E-state index in [9.17, 15) is 0 Å². The second-order valence-electron chi connectivity index (χ2n) is 11.4. The number of aryl methyl sites for hydroxylation is 5. The van der Waals surface area contributed by atoms with Crippen molar-refractivity contribution in [3.05, 3.63) is 78.4 Å². The average Bonchev–Trinajstić information content (AvgIpc) is 2.99. The third kappa shape index (κ3) is 3.08. The molecule has 1 aliphatic heterocycles. The Bertz CT molecular complexity index is 1660. The highest BCUT2D eigenvalue weighted by atomic mass is 32.2. The molecule has 0 saturated carbocycles. The van der Waals surface area contributed by atoms with Gasteiger partial charge >= 0.3 is 0 Å². The lowest BCUT2D eigenvalue weighted by atomic mass is 9.79. The van der Waals surface area contributed by atoms with Crippen molar-refractivity contribution >= 4 is 22.5 Å². The molecule has 36 heavy (non-hydrogen) atoms. The lowest BCUT2D eigenvalue weighted by Crippen LogP contribution is -2.03. The minimum atomic E-state index is 1.38. The van der Waals surface area contributed by atoms with Crippen molar-refractivity contribution in [1.29, 1.82) is 0 Å². The summed E-state index contributed by atoms with van der Waals surface area (Å²) in [4.78, 5) is 2.89. The first-order valence-electron chi connectivity index (χ1n) is 13.2. The lowest BCUT2D eigenvalue weighted by Gasteiger charge is -2.24. The molecule has 0 bridgehead atoms. The summed E-state index contributed by atoms with van der Waals surface area (Å²) in [6.07, 6.45) is 0. The van der Waals surface area contributed by atoms with E-state index in [0.29, 0.717) is 0 Å². The third-order valence-corrected chi connectivity index (χ3v) is 11.3. The Labute approximate surface area is 222 Å². The van der Waals surface area contributed by atoms with Crippen molar-refractivity contribution in [3.8, 4) is 22.3 Å². The molecule has 0 aromatic heterocycles. The minimum absolute atomic E-state index is 1.38. The topological polar surface area (TPSA) is 0 Å². The highest BCUT2D eigenvalue weighted by Gasteiger charge is 2.31. The molecule has 186 valence electrons. The Morgan fingerprint density at radius 2 is 0.806 bits per heavy atom. The van der Waals surface area contributed by atoms with E-state index >= 15 is 0 Å². The molecular formula is C35H40S. The van der Waals surface area contributed by atoms with Gasteiger partial charge in [-0.3, -0.25) is 0 Å². The largest absolute Gasteiger partial charge is 0.0882 e. The van der Waals surface area contributed by atoms with Crippen LogP contribution in [-0.4, -0.2) is 0 Å². The van der Waals surface area contributed by atoms with Gasteiger partial charge in [-0.15, -0.1) is 0 Å². The van der Waals surface area contributed by atoms with Gasteiger partial charge in [0.2, 0.25) is 0 Å². The van der Waals surface area contributed by atoms with E-state index in [1.165, 1.54) is 115 Å². The fourth-order valence-electron chi connectivity index (χ4n) is 6.71. The number of rotatable bonds is 0. The van der Waals surface area contributed by atoms with Gasteiger partial charge in [-0.25, -0.2) is 0 Å². The Morgan fingerprint density at radius 1 is 0.361 bits per heavy atom. The van der Waals surface area contributed by atoms with Gasteiger partial charge in [0.15, 0.2) is 0 Å². The monoisotopic (exact) mass is 492 g/mol. The van der Waals surface area contributed by atoms with Gasteiger partial charge in [0, 0.05) is 15.4 Å². The van der Waals surface area contributed by atoms with Crippen molar-refractivity contribution in [2.75, 3.05) is 0 Å². The standard InChI is InChI=1S/C35H40S/c1-15-14-28-31(21(7)16(15)2)33-24(10)19(5)20(6)25(11)34(33)36-35-27(13)30-23(9)18(4)17(3)22(8)29(30)26(12)32(28)35/h14H,1-13H3. The van der Waals surface area contributed by atoms with Crippen LogP contribution in [0.3, 0.4) is 0 Å². The summed E-state index contributed by atoms with van der Waals surface area (Å²) < 4.78 is 0. The molecule has 4 aromatic rings. The van der Waals surface area contributed by atoms with Crippen molar-refractivity contribution < 1.29 is 0 Å². The van der Waals surface area contributed by atoms with E-state index in [1.807, 2.05) is 11.8 Å². The average molecular weight is 493 g/mol. The van der Waals surface area contributed by atoms with Gasteiger partial charge in [-0.2, -0.15) is 0 Å². The third-order valence-electron chi connectivity index (χ3n) is 9.89. The fourth-order valence-corrected chi connectivity index (χ4v) is 8.20. The van der Waals surface area contributed by atoms with Crippen molar-refractivity contribution in [1.82, 2.24) is 0 Å². The zero-order valence-electron chi connectivity index (χ0n) is 24.5. The van der Waals surface area contributed by atoms with Gasteiger partial charge in [-0.05, 0) is 190 Å². The SMILES string of the molecule is Cc1cc2c(c(C)c1C)-c1c(C)c(C)c(C)c(C)c1Sc1c-2c(C)c2c(C)c(C)c(C)c(C)c2c1C. The van der Waals surface area contributed by atoms with Crippen molar-refractivity contribution in [2.45, 2.75) is 99.8 Å². The number of hydrogen-bond acceptors (Lipinski definition) is 1. The molecule has 4 aromatic carbocycles. The molecule has 0 spiro atoms. The van der Waals surface area contributed by atoms with Crippen LogP contribution in [-0.2, 0) is 0 Å². The van der Waals surface area contributed by atoms with E-state index in [-0.39, 0.29) is 0 Å². The molecule has 0 nitrogen and oxygen atoms in total. The summed E-state index contributed by atoms with van der Waals surface area (Å²) in [5, 5.41) is 2.92. The van der Waals surface area contributed by atoms with E-state index in [2.05, 4.69) is 96.1 Å². The van der Waals surface area contributed by atoms with Crippen LogP contribution in [0.2, 0.25) is 0 Å². The molecule has 0 N–H and O–H groups in total. The molecule has 0 unspecified atom stereocenters. The van der Waals surface area contributed by atoms with E-state index in [0.717, 1.165) is 0 Å². The predicted octanol–water partition coefficient (Wildman–Crippen LogP) is 10.6. The normalized spacial score (nSPS) is 12.5. The first-order chi connectivity index (χ1) is 16.8. The summed E-state index contributed by atoms with van der Waals surface area (Å²) in [6.45, 7) is 30.2. The maximum absolute atomic E-state index is 2.48. The van der Waals surface area contributed by atoms with Crippen molar-refractivity contribution in [2.24, 2.45) is 0 Å². The summed E-state index contributed by atoms with van der Waals surface area (Å²) in [7, 11) is 0. The Hall–Kier alpha value is -2.51. The molecule has 0 aliphatic carbocycles. The van der Waals surface area contributed by atoms with Crippen LogP contribution in [0.15, 0.2) is 15.9 Å². The molecule has 0 radical (unpaired) electrons. The Morgan fingerprint density at radius 3 is 1.39 bits per heavy atom. The van der Waals surface area contributed by atoms with Crippen LogP contribution in [0.5, 0.6) is 0 Å². The maximum atomic E-state index is 2.48. The highest BCUT2D eigenvalue weighted by Crippen LogP contribution is 2.56. The number of hydrogen-bond donors (Lipinski definition) is 0. The second-order valence-corrected chi connectivity index (χ2v) is 12.4. The predicted molar refractivity (Wildman–Crippen MR) is 161 cm³/mol.